The van der Waals surface area contributed by atoms with Crippen molar-refractivity contribution in [3.8, 4) is 0 Å². The molecule has 0 bridgehead atoms. The van der Waals surface area contributed by atoms with Crippen LogP contribution in [-0.4, -0.2) is 16.0 Å². The predicted molar refractivity (Wildman–Crippen MR) is 75.5 cm³/mol. The number of aliphatic hydroxyl groups is 1. The number of hydrogen-bond donors (Lipinski definition) is 2. The summed E-state index contributed by atoms with van der Waals surface area (Å²) in [7, 11) is 0. The molecule has 1 atom stereocenters. The molecule has 98 valence electrons. The smallest absolute Gasteiger partial charge is 0.0897 e. The van der Waals surface area contributed by atoms with Crippen molar-refractivity contribution in [2.24, 2.45) is 5.16 Å². The lowest BCUT2D eigenvalue weighted by molar-refractivity contribution is 0.184. The van der Waals surface area contributed by atoms with Crippen LogP contribution >= 0.6 is 0 Å². The zero-order valence-corrected chi connectivity index (χ0v) is 10.8. The van der Waals surface area contributed by atoms with Crippen LogP contribution in [0.15, 0.2) is 59.8 Å². The molecule has 0 aliphatic carbocycles. The zero-order valence-electron chi connectivity index (χ0n) is 10.8. The standard InChI is InChI=1S/C16H17NO2/c1-12-6-5-9-14(10-12)16(18)11-15(17-19)13-7-3-2-4-8-13/h2-10,16,18-19H,11H2,1H3/b17-15-. The molecule has 0 aliphatic rings. The van der Waals surface area contributed by atoms with E-state index < -0.39 is 6.10 Å². The minimum absolute atomic E-state index is 0.282. The summed E-state index contributed by atoms with van der Waals surface area (Å²) in [6.07, 6.45) is -0.393. The molecule has 2 aromatic rings. The molecule has 0 spiro atoms. The SMILES string of the molecule is Cc1cccc(C(O)C/C(=N/O)c2ccccc2)c1. The normalized spacial score (nSPS) is 13.3. The molecule has 2 N–H and O–H groups in total. The van der Waals surface area contributed by atoms with Gasteiger partial charge in [0.05, 0.1) is 11.8 Å². The second-order valence-electron chi connectivity index (χ2n) is 4.55. The van der Waals surface area contributed by atoms with Crippen molar-refractivity contribution in [2.75, 3.05) is 0 Å². The van der Waals surface area contributed by atoms with Gasteiger partial charge in [0.15, 0.2) is 0 Å². The number of aryl methyl sites for hydroxylation is 1. The number of benzene rings is 2. The highest BCUT2D eigenvalue weighted by Crippen LogP contribution is 2.20. The first-order valence-electron chi connectivity index (χ1n) is 6.21. The van der Waals surface area contributed by atoms with E-state index in [1.54, 1.807) is 0 Å². The topological polar surface area (TPSA) is 52.8 Å². The number of nitrogens with zero attached hydrogens (tertiary/aromatic N) is 1. The van der Waals surface area contributed by atoms with Crippen molar-refractivity contribution in [3.05, 3.63) is 71.3 Å². The molecule has 0 aliphatic heterocycles. The van der Waals surface area contributed by atoms with Crippen LogP contribution in [0.3, 0.4) is 0 Å². The zero-order chi connectivity index (χ0) is 13.7. The molecule has 1 unspecified atom stereocenters. The highest BCUT2D eigenvalue weighted by atomic mass is 16.4. The summed E-state index contributed by atoms with van der Waals surface area (Å²) in [5.74, 6) is 0. The molecule has 0 radical (unpaired) electrons. The Bertz CT molecular complexity index is 564. The van der Waals surface area contributed by atoms with Crippen LogP contribution in [0.1, 0.15) is 29.2 Å². The van der Waals surface area contributed by atoms with Gasteiger partial charge in [0, 0.05) is 6.42 Å². The third-order valence-corrected chi connectivity index (χ3v) is 3.04. The van der Waals surface area contributed by atoms with E-state index >= 15 is 0 Å². The van der Waals surface area contributed by atoms with Gasteiger partial charge in [0.2, 0.25) is 0 Å². The maximum Gasteiger partial charge on any atom is 0.0897 e. The van der Waals surface area contributed by atoms with Gasteiger partial charge in [0.25, 0.3) is 0 Å². The summed E-state index contributed by atoms with van der Waals surface area (Å²) in [6, 6.07) is 17.1. The van der Waals surface area contributed by atoms with Crippen molar-refractivity contribution >= 4 is 5.71 Å². The minimum Gasteiger partial charge on any atom is -0.411 e. The monoisotopic (exact) mass is 255 g/mol. The molecule has 0 aromatic heterocycles. The van der Waals surface area contributed by atoms with E-state index in [0.29, 0.717) is 5.71 Å². The van der Waals surface area contributed by atoms with Crippen LogP contribution in [0.25, 0.3) is 0 Å². The van der Waals surface area contributed by atoms with Gasteiger partial charge in [-0.15, -0.1) is 0 Å². The van der Waals surface area contributed by atoms with Crippen molar-refractivity contribution < 1.29 is 10.3 Å². The fourth-order valence-corrected chi connectivity index (χ4v) is 2.03. The first-order valence-corrected chi connectivity index (χ1v) is 6.21. The van der Waals surface area contributed by atoms with Crippen LogP contribution in [0, 0.1) is 6.92 Å². The maximum atomic E-state index is 10.2. The molecule has 0 saturated heterocycles. The first-order chi connectivity index (χ1) is 9.20. The Morgan fingerprint density at radius 1 is 1.11 bits per heavy atom. The quantitative estimate of drug-likeness (QED) is 0.500. The van der Waals surface area contributed by atoms with Gasteiger partial charge < -0.3 is 10.3 Å². The molecule has 19 heavy (non-hydrogen) atoms. The van der Waals surface area contributed by atoms with Gasteiger partial charge in [-0.3, -0.25) is 0 Å². The summed E-state index contributed by atoms with van der Waals surface area (Å²) >= 11 is 0. The van der Waals surface area contributed by atoms with Crippen molar-refractivity contribution in [1.29, 1.82) is 0 Å². The van der Waals surface area contributed by atoms with E-state index in [9.17, 15) is 5.11 Å². The molecule has 2 rings (SSSR count). The second-order valence-corrected chi connectivity index (χ2v) is 4.55. The third-order valence-electron chi connectivity index (χ3n) is 3.04. The summed E-state index contributed by atoms with van der Waals surface area (Å²) in [5, 5.41) is 22.6. The molecule has 3 heteroatoms. The van der Waals surface area contributed by atoms with Crippen LogP contribution in [0.5, 0.6) is 0 Å². The Kier molecular flexibility index (Phi) is 4.31. The van der Waals surface area contributed by atoms with E-state index in [4.69, 9.17) is 5.21 Å². The molecule has 0 heterocycles. The summed E-state index contributed by atoms with van der Waals surface area (Å²) in [4.78, 5) is 0. The van der Waals surface area contributed by atoms with Crippen LogP contribution in [-0.2, 0) is 0 Å². The molecule has 2 aromatic carbocycles. The van der Waals surface area contributed by atoms with Gasteiger partial charge in [-0.25, -0.2) is 0 Å². The van der Waals surface area contributed by atoms with Crippen LogP contribution < -0.4 is 0 Å². The summed E-state index contributed by atoms with van der Waals surface area (Å²) < 4.78 is 0. The van der Waals surface area contributed by atoms with Crippen molar-refractivity contribution in [3.63, 3.8) is 0 Å². The molecular formula is C16H17NO2. The Morgan fingerprint density at radius 2 is 1.84 bits per heavy atom. The molecule has 0 fully saturated rings. The lowest BCUT2D eigenvalue weighted by Crippen LogP contribution is -2.08. The lowest BCUT2D eigenvalue weighted by atomic mass is 9.98. The largest absolute Gasteiger partial charge is 0.411 e. The maximum absolute atomic E-state index is 10.2. The highest BCUT2D eigenvalue weighted by molar-refractivity contribution is 6.00. The van der Waals surface area contributed by atoms with Crippen LogP contribution in [0.2, 0.25) is 0 Å². The molecule has 3 nitrogen and oxygen atoms in total. The average molecular weight is 255 g/mol. The number of aliphatic hydroxyl groups excluding tert-OH is 1. The van der Waals surface area contributed by atoms with Gasteiger partial charge in [-0.05, 0) is 18.1 Å². The Labute approximate surface area is 112 Å². The Morgan fingerprint density at radius 3 is 2.47 bits per heavy atom. The van der Waals surface area contributed by atoms with Gasteiger partial charge >= 0.3 is 0 Å². The Balaban J connectivity index is 2.16. The average Bonchev–Trinajstić information content (AvgIpc) is 2.45. The first kappa shape index (κ1) is 13.3. The molecular weight excluding hydrogens is 238 g/mol. The van der Waals surface area contributed by atoms with E-state index in [2.05, 4.69) is 5.16 Å². The number of hydrogen-bond acceptors (Lipinski definition) is 3. The van der Waals surface area contributed by atoms with E-state index in [-0.39, 0.29) is 6.42 Å². The lowest BCUT2D eigenvalue weighted by Gasteiger charge is -2.12. The second kappa shape index (κ2) is 6.16. The van der Waals surface area contributed by atoms with Gasteiger partial charge in [0.1, 0.15) is 0 Å². The fourth-order valence-electron chi connectivity index (χ4n) is 2.03. The van der Waals surface area contributed by atoms with E-state index in [0.717, 1.165) is 16.7 Å². The highest BCUT2D eigenvalue weighted by Gasteiger charge is 2.13. The number of rotatable bonds is 4. The predicted octanol–water partition coefficient (Wildman–Crippen LogP) is 3.30. The minimum atomic E-state index is -0.675. The van der Waals surface area contributed by atoms with Crippen molar-refractivity contribution in [1.82, 2.24) is 0 Å². The van der Waals surface area contributed by atoms with E-state index in [1.807, 2.05) is 61.5 Å². The number of oxime groups is 1. The molecule has 0 amide bonds. The molecule has 0 saturated carbocycles. The Hall–Kier alpha value is -2.13. The third kappa shape index (κ3) is 3.42. The van der Waals surface area contributed by atoms with Gasteiger partial charge in [-0.2, -0.15) is 0 Å². The summed E-state index contributed by atoms with van der Waals surface area (Å²) in [5.41, 5.74) is 3.22. The van der Waals surface area contributed by atoms with Crippen molar-refractivity contribution in [2.45, 2.75) is 19.4 Å². The van der Waals surface area contributed by atoms with E-state index in [1.165, 1.54) is 0 Å². The fraction of sp³-hybridized carbons (Fsp3) is 0.188. The van der Waals surface area contributed by atoms with Gasteiger partial charge in [-0.1, -0.05) is 65.3 Å². The van der Waals surface area contributed by atoms with Crippen LogP contribution in [0.4, 0.5) is 0 Å². The summed E-state index contributed by atoms with van der Waals surface area (Å²) in [6.45, 7) is 1.98.